The van der Waals surface area contributed by atoms with E-state index < -0.39 is 7.92 Å². The Morgan fingerprint density at radius 3 is 1.81 bits per heavy atom. The van der Waals surface area contributed by atoms with Crippen LogP contribution in [0, 0.1) is 6.65 Å². The normalized spacial score (nSPS) is 11.5. The van der Waals surface area contributed by atoms with Crippen molar-refractivity contribution in [3.05, 3.63) is 36.2 Å². The summed E-state index contributed by atoms with van der Waals surface area (Å²) in [7, 11) is 4.05. The fourth-order valence-corrected chi connectivity index (χ4v) is 7.10. The maximum absolute atomic E-state index is 7.50. The standard InChI is InChI=1S/C19H35N2P.CO.ClH.Ru.H/c1-9-21(10-2)14-16-12-11-13-17(20-16)15-22(18(3,4)5)19(6,7)8;1-2;;;/h11-13H,9-10,14-15H2,1-8H3;;1H;;/q;;;+1;. The molecular formula is C20H37ClN2OPRu+. The molecule has 0 N–H and O–H groups in total. The van der Waals surface area contributed by atoms with Crippen LogP contribution < -0.4 is 0 Å². The zero-order chi connectivity index (χ0) is 21.0. The third-order valence-corrected chi connectivity index (χ3v) is 8.65. The summed E-state index contributed by atoms with van der Waals surface area (Å²) in [5, 5.41) is 0.777. The molecule has 0 radical (unpaired) electrons. The Balaban J connectivity index is 0. The van der Waals surface area contributed by atoms with Gasteiger partial charge in [-0.15, -0.1) is 0 Å². The zero-order valence-corrected chi connectivity index (χ0v) is 21.2. The van der Waals surface area contributed by atoms with Crippen molar-refractivity contribution in [2.24, 2.45) is 0 Å². The Labute approximate surface area is 176 Å². The third kappa shape index (κ3) is 11.1. The van der Waals surface area contributed by atoms with Crippen molar-refractivity contribution >= 4 is 17.6 Å². The Morgan fingerprint density at radius 2 is 1.42 bits per heavy atom. The summed E-state index contributed by atoms with van der Waals surface area (Å²) in [5.41, 5.74) is 2.49. The van der Waals surface area contributed by atoms with Gasteiger partial charge < -0.3 is 0 Å². The van der Waals surface area contributed by atoms with Gasteiger partial charge in [-0.05, 0) is 66.8 Å². The van der Waals surface area contributed by atoms with E-state index in [0.29, 0.717) is 10.3 Å². The van der Waals surface area contributed by atoms with Gasteiger partial charge in [-0.1, -0.05) is 19.9 Å². The predicted molar refractivity (Wildman–Crippen MR) is 114 cm³/mol. The molecule has 0 aromatic carbocycles. The Hall–Kier alpha value is 0.193. The van der Waals surface area contributed by atoms with Gasteiger partial charge in [-0.2, -0.15) is 0 Å². The van der Waals surface area contributed by atoms with E-state index in [0.717, 1.165) is 25.8 Å². The molecule has 0 aliphatic rings. The number of nitrogens with zero attached hydrogens (tertiary/aromatic N) is 2. The number of halogens is 1. The van der Waals surface area contributed by atoms with E-state index in [2.05, 4.69) is 94.8 Å². The third-order valence-electron chi connectivity index (χ3n) is 4.31. The van der Waals surface area contributed by atoms with Crippen LogP contribution in [0.4, 0.5) is 0 Å². The molecule has 26 heavy (non-hydrogen) atoms. The molecule has 0 aliphatic heterocycles. The van der Waals surface area contributed by atoms with Crippen molar-refractivity contribution < 1.29 is 22.0 Å². The van der Waals surface area contributed by atoms with Gasteiger partial charge in [0.1, 0.15) is 0 Å². The second-order valence-corrected chi connectivity index (χ2v) is 12.5. The average Bonchev–Trinajstić information content (AvgIpc) is 2.59. The molecule has 0 amide bonds. The minimum atomic E-state index is -0.559. The molecule has 0 saturated carbocycles. The van der Waals surface area contributed by atoms with E-state index >= 15 is 0 Å². The van der Waals surface area contributed by atoms with Crippen molar-refractivity contribution in [1.82, 2.24) is 9.88 Å². The fraction of sp³-hybridized carbons (Fsp3) is 0.700. The molecule has 0 fully saturated rings. The predicted octanol–water partition coefficient (Wildman–Crippen LogP) is 5.62. The van der Waals surface area contributed by atoms with Crippen molar-refractivity contribution in [2.45, 2.75) is 78.4 Å². The topological polar surface area (TPSA) is 36.0 Å². The van der Waals surface area contributed by atoms with Gasteiger partial charge in [0.15, 0.2) is 0 Å². The van der Waals surface area contributed by atoms with E-state index in [-0.39, 0.29) is 0 Å². The van der Waals surface area contributed by atoms with Crippen LogP contribution in [0.2, 0.25) is 0 Å². The fourth-order valence-electron chi connectivity index (χ4n) is 3.23. The van der Waals surface area contributed by atoms with Crippen LogP contribution >= 0.6 is 17.6 Å². The summed E-state index contributed by atoms with van der Waals surface area (Å²) >= 11 is 1.62. The van der Waals surface area contributed by atoms with Crippen LogP contribution in [0.5, 0.6) is 0 Å². The number of rotatable bonds is 6. The van der Waals surface area contributed by atoms with Crippen molar-refractivity contribution in [1.29, 1.82) is 0 Å². The molecule has 6 heteroatoms. The van der Waals surface area contributed by atoms with E-state index in [1.807, 2.05) is 0 Å². The summed E-state index contributed by atoms with van der Waals surface area (Å²) < 4.78 is 7.50. The van der Waals surface area contributed by atoms with Gasteiger partial charge in [0.05, 0.1) is 27.9 Å². The van der Waals surface area contributed by atoms with Crippen molar-refractivity contribution in [2.75, 3.05) is 13.1 Å². The quantitative estimate of drug-likeness (QED) is 0.225. The van der Waals surface area contributed by atoms with Gasteiger partial charge in [0, 0.05) is 14.5 Å². The van der Waals surface area contributed by atoms with Crippen LogP contribution in [0.25, 0.3) is 0 Å². The molecule has 0 saturated heterocycles. The molecule has 152 valence electrons. The molecule has 1 rings (SSSR count). The number of hydrogen-bond donors (Lipinski definition) is 0. The summed E-state index contributed by atoms with van der Waals surface area (Å²) in [6.45, 7) is 26.4. The monoisotopic (exact) mass is 489 g/mol. The van der Waals surface area contributed by atoms with Crippen molar-refractivity contribution in [3.63, 3.8) is 0 Å². The molecule has 1 aromatic rings. The Kier molecular flexibility index (Phi) is 15.5. The first-order chi connectivity index (χ1) is 12.1. The zero-order valence-electron chi connectivity index (χ0n) is 17.6. The summed E-state index contributed by atoms with van der Waals surface area (Å²) in [6, 6.07) is 6.57. The van der Waals surface area contributed by atoms with E-state index in [9.17, 15) is 0 Å². The maximum atomic E-state index is 7.50. The second kappa shape index (κ2) is 14.2. The molecule has 0 aliphatic carbocycles. The van der Waals surface area contributed by atoms with Crippen LogP contribution in [-0.2, 0) is 34.7 Å². The minimum absolute atomic E-state index is 0.388. The van der Waals surface area contributed by atoms with E-state index in [4.69, 9.17) is 9.64 Å². The molecule has 0 atom stereocenters. The van der Waals surface area contributed by atoms with E-state index in [1.165, 1.54) is 11.4 Å². The number of pyridine rings is 1. The SMILES string of the molecule is CCN(CC)Cc1cccc(C[PH+](C(C)(C)C)C(C)(C)C)n1.[C-]#[O+].[Cl][RuH]. The first-order valence-electron chi connectivity index (χ1n) is 8.96. The van der Waals surface area contributed by atoms with Gasteiger partial charge in [0.2, 0.25) is 0 Å². The van der Waals surface area contributed by atoms with Gasteiger partial charge in [-0.3, -0.25) is 9.88 Å². The van der Waals surface area contributed by atoms with Gasteiger partial charge >= 0.3 is 38.3 Å². The number of aromatic nitrogens is 1. The molecule has 1 aromatic heterocycles. The molecule has 0 unspecified atom stereocenters. The van der Waals surface area contributed by atoms with Gasteiger partial charge in [0.25, 0.3) is 0 Å². The van der Waals surface area contributed by atoms with Crippen LogP contribution in [0.15, 0.2) is 18.2 Å². The molecular weight excluding hydrogens is 452 g/mol. The van der Waals surface area contributed by atoms with Crippen molar-refractivity contribution in [3.8, 4) is 0 Å². The molecule has 0 spiro atoms. The van der Waals surface area contributed by atoms with Crippen LogP contribution in [-0.4, -0.2) is 33.3 Å². The molecule has 1 heterocycles. The first kappa shape index (κ1) is 28.4. The summed E-state index contributed by atoms with van der Waals surface area (Å²) in [5.74, 6) is 0. The summed E-state index contributed by atoms with van der Waals surface area (Å²) in [6.07, 6.45) is 1.16. The van der Waals surface area contributed by atoms with Crippen LogP contribution in [0.1, 0.15) is 66.8 Å². The van der Waals surface area contributed by atoms with E-state index in [1.54, 1.807) is 17.3 Å². The van der Waals surface area contributed by atoms with Crippen LogP contribution in [0.3, 0.4) is 0 Å². The average molecular weight is 489 g/mol. The molecule has 3 nitrogen and oxygen atoms in total. The van der Waals surface area contributed by atoms with Gasteiger partial charge in [-0.25, -0.2) is 0 Å². The molecule has 0 bridgehead atoms. The second-order valence-electron chi connectivity index (χ2n) is 8.24. The summed E-state index contributed by atoms with van der Waals surface area (Å²) in [4.78, 5) is 7.38. The first-order valence-corrected chi connectivity index (χ1v) is 13.1. The Morgan fingerprint density at radius 1 is 1.00 bits per heavy atom. The Bertz CT molecular complexity index is 495. The number of hydrogen-bond acceptors (Lipinski definition) is 2.